The van der Waals surface area contributed by atoms with Crippen LogP contribution >= 0.6 is 23.4 Å². The van der Waals surface area contributed by atoms with Crippen molar-refractivity contribution in [2.45, 2.75) is 41.8 Å². The SMILES string of the molecule is C[C@H](CO)N1C(=O)[C@@H]2[C@@H](C(=O)Nc3ccccc3)[C@H]3CCC2(S3)C1C(=O)Nc1ccccc1Cl. The van der Waals surface area contributed by atoms with Gasteiger partial charge in [-0.1, -0.05) is 41.9 Å². The number of aliphatic hydroxyl groups excluding tert-OH is 1. The molecule has 9 heteroatoms. The number of thioether (sulfide) groups is 1. The number of amides is 3. The third kappa shape index (κ3) is 3.59. The van der Waals surface area contributed by atoms with E-state index in [2.05, 4.69) is 10.6 Å². The average Bonchev–Trinajstić information content (AvgIpc) is 3.48. The van der Waals surface area contributed by atoms with Crippen LogP contribution in [0, 0.1) is 11.8 Å². The van der Waals surface area contributed by atoms with E-state index in [1.807, 2.05) is 30.3 Å². The van der Waals surface area contributed by atoms with E-state index in [9.17, 15) is 19.5 Å². The third-order valence-corrected chi connectivity index (χ3v) is 9.48. The second-order valence-corrected chi connectivity index (χ2v) is 11.2. The standard InChI is InChI=1S/C25H26ClN3O4S/c1-14(13-30)29-21(23(32)28-17-10-6-5-9-16(17)26)25-12-11-18(34-25)19(20(25)24(29)33)22(31)27-15-7-3-2-4-8-15/h2-10,14,18-21,30H,11-13H2,1H3,(H,27,31)(H,28,32)/t14-,18-,19+,20+,21?,25?/m1/s1. The van der Waals surface area contributed by atoms with Crippen molar-refractivity contribution in [1.82, 2.24) is 4.90 Å². The summed E-state index contributed by atoms with van der Waals surface area (Å²) in [4.78, 5) is 42.3. The number of para-hydroxylation sites is 2. The first kappa shape index (κ1) is 23.2. The first-order valence-electron chi connectivity index (χ1n) is 11.4. The first-order valence-corrected chi connectivity index (χ1v) is 12.7. The van der Waals surface area contributed by atoms with Crippen molar-refractivity contribution in [2.24, 2.45) is 11.8 Å². The Hall–Kier alpha value is -2.55. The molecule has 178 valence electrons. The Bertz CT molecular complexity index is 1130. The molecule has 3 aliphatic heterocycles. The number of nitrogens with zero attached hydrogens (tertiary/aromatic N) is 1. The molecule has 3 saturated heterocycles. The number of fused-ring (bicyclic) bond motifs is 1. The Kier molecular flexibility index (Phi) is 6.08. The zero-order valence-corrected chi connectivity index (χ0v) is 20.2. The molecule has 34 heavy (non-hydrogen) atoms. The van der Waals surface area contributed by atoms with Gasteiger partial charge in [-0.25, -0.2) is 0 Å². The lowest BCUT2D eigenvalue weighted by atomic mass is 9.70. The summed E-state index contributed by atoms with van der Waals surface area (Å²) >= 11 is 7.85. The van der Waals surface area contributed by atoms with E-state index in [0.29, 0.717) is 22.8 Å². The average molecular weight is 500 g/mol. The zero-order chi connectivity index (χ0) is 24.0. The van der Waals surface area contributed by atoms with Crippen molar-refractivity contribution < 1.29 is 19.5 Å². The van der Waals surface area contributed by atoms with Crippen molar-refractivity contribution in [1.29, 1.82) is 0 Å². The van der Waals surface area contributed by atoms with Crippen molar-refractivity contribution in [3.05, 3.63) is 59.6 Å². The van der Waals surface area contributed by atoms with Gasteiger partial charge in [-0.2, -0.15) is 0 Å². The molecule has 7 nitrogen and oxygen atoms in total. The summed E-state index contributed by atoms with van der Waals surface area (Å²) in [5.41, 5.74) is 1.14. The number of hydrogen-bond acceptors (Lipinski definition) is 5. The highest BCUT2D eigenvalue weighted by molar-refractivity contribution is 8.02. The topological polar surface area (TPSA) is 98.7 Å². The molecular formula is C25H26ClN3O4S. The monoisotopic (exact) mass is 499 g/mol. The van der Waals surface area contributed by atoms with Crippen molar-refractivity contribution in [3.8, 4) is 0 Å². The van der Waals surface area contributed by atoms with Crippen LogP contribution in [0.4, 0.5) is 11.4 Å². The smallest absolute Gasteiger partial charge is 0.248 e. The maximum Gasteiger partial charge on any atom is 0.248 e. The summed E-state index contributed by atoms with van der Waals surface area (Å²) in [6, 6.07) is 14.7. The number of rotatable bonds is 6. The lowest BCUT2D eigenvalue weighted by Crippen LogP contribution is -2.54. The van der Waals surface area contributed by atoms with Crippen LogP contribution in [-0.2, 0) is 14.4 Å². The predicted molar refractivity (Wildman–Crippen MR) is 133 cm³/mol. The Morgan fingerprint density at radius 2 is 1.85 bits per heavy atom. The summed E-state index contributed by atoms with van der Waals surface area (Å²) < 4.78 is -0.727. The lowest BCUT2D eigenvalue weighted by Gasteiger charge is -2.36. The van der Waals surface area contributed by atoms with Crippen LogP contribution in [0.3, 0.4) is 0 Å². The fourth-order valence-corrected chi connectivity index (χ4v) is 8.15. The van der Waals surface area contributed by atoms with E-state index < -0.39 is 28.7 Å². The van der Waals surface area contributed by atoms with Crippen LogP contribution in [0.15, 0.2) is 54.6 Å². The molecule has 6 atom stereocenters. The molecule has 1 spiro atoms. The Balaban J connectivity index is 1.49. The third-order valence-electron chi connectivity index (χ3n) is 7.20. The molecule has 3 fully saturated rings. The molecule has 0 radical (unpaired) electrons. The van der Waals surface area contributed by atoms with Crippen LogP contribution < -0.4 is 10.6 Å². The molecule has 0 aliphatic carbocycles. The second-order valence-electron chi connectivity index (χ2n) is 9.16. The highest BCUT2D eigenvalue weighted by Gasteiger charge is 2.74. The van der Waals surface area contributed by atoms with Gasteiger partial charge in [-0.3, -0.25) is 14.4 Å². The highest BCUT2D eigenvalue weighted by Crippen LogP contribution is 2.66. The molecule has 0 aromatic heterocycles. The number of carbonyl (C=O) groups is 3. The maximum atomic E-state index is 13.8. The summed E-state index contributed by atoms with van der Waals surface area (Å²) in [6.45, 7) is 1.45. The number of anilines is 2. The van der Waals surface area contributed by atoms with Crippen LogP contribution in [0.2, 0.25) is 5.02 Å². The van der Waals surface area contributed by atoms with Crippen LogP contribution in [0.5, 0.6) is 0 Å². The summed E-state index contributed by atoms with van der Waals surface area (Å²) in [5, 5.41) is 16.1. The van der Waals surface area contributed by atoms with Crippen molar-refractivity contribution >= 4 is 52.5 Å². The number of nitrogens with one attached hydrogen (secondary N) is 2. The van der Waals surface area contributed by atoms with Crippen molar-refractivity contribution in [2.75, 3.05) is 17.2 Å². The number of hydrogen-bond donors (Lipinski definition) is 3. The molecule has 3 heterocycles. The van der Waals surface area contributed by atoms with Gasteiger partial charge in [0, 0.05) is 10.9 Å². The van der Waals surface area contributed by atoms with E-state index in [4.69, 9.17) is 11.6 Å². The van der Waals surface area contributed by atoms with E-state index in [1.54, 1.807) is 43.0 Å². The fourth-order valence-electron chi connectivity index (χ4n) is 5.76. The van der Waals surface area contributed by atoms with E-state index in [-0.39, 0.29) is 29.6 Å². The van der Waals surface area contributed by atoms with Gasteiger partial charge >= 0.3 is 0 Å². The summed E-state index contributed by atoms with van der Waals surface area (Å²) in [5.74, 6) is -1.97. The molecule has 3 N–H and O–H groups in total. The minimum absolute atomic E-state index is 0.0418. The molecule has 3 amide bonds. The van der Waals surface area contributed by atoms with Gasteiger partial charge in [-0.05, 0) is 44.0 Å². The number of halogens is 1. The van der Waals surface area contributed by atoms with Gasteiger partial charge in [0.15, 0.2) is 0 Å². The normalized spacial score (nSPS) is 30.2. The van der Waals surface area contributed by atoms with Gasteiger partial charge < -0.3 is 20.6 Å². The Morgan fingerprint density at radius 3 is 2.56 bits per heavy atom. The fraction of sp³-hybridized carbons (Fsp3) is 0.400. The van der Waals surface area contributed by atoms with Gasteiger partial charge in [0.2, 0.25) is 17.7 Å². The minimum atomic E-state index is -0.812. The molecule has 5 rings (SSSR count). The zero-order valence-electron chi connectivity index (χ0n) is 18.6. The maximum absolute atomic E-state index is 13.8. The van der Waals surface area contributed by atoms with E-state index in [1.165, 1.54) is 4.90 Å². The highest BCUT2D eigenvalue weighted by atomic mass is 35.5. The van der Waals surface area contributed by atoms with Gasteiger partial charge in [0.1, 0.15) is 6.04 Å². The number of likely N-dealkylation sites (tertiary alicyclic amines) is 1. The Morgan fingerprint density at radius 1 is 1.15 bits per heavy atom. The quantitative estimate of drug-likeness (QED) is 0.566. The Labute approximate surface area is 207 Å². The minimum Gasteiger partial charge on any atom is -0.394 e. The van der Waals surface area contributed by atoms with E-state index >= 15 is 0 Å². The van der Waals surface area contributed by atoms with Crippen molar-refractivity contribution in [3.63, 3.8) is 0 Å². The molecule has 2 unspecified atom stereocenters. The number of benzene rings is 2. The molecule has 0 saturated carbocycles. The molecule has 3 aliphatic rings. The summed E-state index contributed by atoms with van der Waals surface area (Å²) in [6.07, 6.45) is 1.40. The molecule has 2 bridgehead atoms. The predicted octanol–water partition coefficient (Wildman–Crippen LogP) is 3.39. The first-order chi connectivity index (χ1) is 16.4. The number of aliphatic hydroxyl groups is 1. The van der Waals surface area contributed by atoms with Crippen LogP contribution in [0.1, 0.15) is 19.8 Å². The second kappa shape index (κ2) is 8.91. The molecule has 2 aromatic carbocycles. The molecule has 2 aromatic rings. The van der Waals surface area contributed by atoms with Gasteiger partial charge in [0.25, 0.3) is 0 Å². The van der Waals surface area contributed by atoms with Gasteiger partial charge in [0.05, 0.1) is 39.9 Å². The van der Waals surface area contributed by atoms with Crippen LogP contribution in [-0.4, -0.2) is 56.4 Å². The lowest BCUT2D eigenvalue weighted by molar-refractivity contribution is -0.140. The molecular weight excluding hydrogens is 474 g/mol. The van der Waals surface area contributed by atoms with E-state index in [0.717, 1.165) is 6.42 Å². The number of carbonyl (C=O) groups excluding carboxylic acids is 3. The largest absolute Gasteiger partial charge is 0.394 e. The van der Waals surface area contributed by atoms with Crippen LogP contribution in [0.25, 0.3) is 0 Å². The summed E-state index contributed by atoms with van der Waals surface area (Å²) in [7, 11) is 0. The van der Waals surface area contributed by atoms with Gasteiger partial charge in [-0.15, -0.1) is 11.8 Å².